The van der Waals surface area contributed by atoms with E-state index in [9.17, 15) is 10.1 Å². The lowest BCUT2D eigenvalue weighted by atomic mass is 10.1. The van der Waals surface area contributed by atoms with E-state index in [0.29, 0.717) is 17.1 Å². The van der Waals surface area contributed by atoms with Crippen LogP contribution in [-0.2, 0) is 6.54 Å². The zero-order valence-electron chi connectivity index (χ0n) is 11.3. The highest BCUT2D eigenvalue weighted by Gasteiger charge is 2.15. The molecule has 0 aliphatic heterocycles. The van der Waals surface area contributed by atoms with Crippen molar-refractivity contribution in [1.82, 2.24) is 5.32 Å². The van der Waals surface area contributed by atoms with Crippen LogP contribution in [0.5, 0.6) is 0 Å². The van der Waals surface area contributed by atoms with Gasteiger partial charge in [-0.25, -0.2) is 0 Å². The molecule has 21 heavy (non-hydrogen) atoms. The first-order valence-corrected chi connectivity index (χ1v) is 7.56. The quantitative estimate of drug-likeness (QED) is 0.605. The van der Waals surface area contributed by atoms with Crippen LogP contribution in [0.1, 0.15) is 24.1 Å². The lowest BCUT2D eigenvalue weighted by Gasteiger charge is -2.14. The molecule has 1 N–H and O–H groups in total. The highest BCUT2D eigenvalue weighted by atomic mass is 79.9. The first kappa shape index (κ1) is 15.9. The number of hydrogen-bond acceptors (Lipinski definition) is 3. The summed E-state index contributed by atoms with van der Waals surface area (Å²) in [7, 11) is 0. The van der Waals surface area contributed by atoms with E-state index in [0.717, 1.165) is 10.0 Å². The molecule has 0 saturated heterocycles. The molecule has 2 rings (SSSR count). The van der Waals surface area contributed by atoms with Crippen molar-refractivity contribution in [2.24, 2.45) is 0 Å². The Bertz CT molecular complexity index is 647. The fourth-order valence-electron chi connectivity index (χ4n) is 1.99. The third-order valence-electron chi connectivity index (χ3n) is 3.21. The fourth-order valence-corrected chi connectivity index (χ4v) is 2.42. The van der Waals surface area contributed by atoms with Crippen molar-refractivity contribution in [1.29, 1.82) is 0 Å². The summed E-state index contributed by atoms with van der Waals surface area (Å²) in [4.78, 5) is 10.6. The minimum atomic E-state index is -0.410. The van der Waals surface area contributed by atoms with Crippen LogP contribution in [-0.4, -0.2) is 4.92 Å². The van der Waals surface area contributed by atoms with E-state index < -0.39 is 4.92 Å². The van der Waals surface area contributed by atoms with Gasteiger partial charge in [0.1, 0.15) is 0 Å². The summed E-state index contributed by atoms with van der Waals surface area (Å²) < 4.78 is 1.02. The van der Waals surface area contributed by atoms with Gasteiger partial charge in [-0.05, 0) is 36.8 Å². The van der Waals surface area contributed by atoms with Crippen molar-refractivity contribution in [2.45, 2.75) is 19.5 Å². The molecule has 0 amide bonds. The van der Waals surface area contributed by atoms with Gasteiger partial charge in [-0.1, -0.05) is 39.7 Å². The standard InChI is InChI=1S/C15H14BrClN2O2/c1-10(11-2-5-13(16)6-3-11)18-9-12-4-7-14(17)8-15(12)19(20)21/h2-8,10,18H,9H2,1H3. The molecule has 2 aromatic rings. The first-order chi connectivity index (χ1) is 9.97. The average Bonchev–Trinajstić information content (AvgIpc) is 2.46. The van der Waals surface area contributed by atoms with Crippen molar-refractivity contribution in [3.8, 4) is 0 Å². The van der Waals surface area contributed by atoms with Crippen LogP contribution in [0.2, 0.25) is 5.02 Å². The van der Waals surface area contributed by atoms with Crippen LogP contribution in [0, 0.1) is 10.1 Å². The number of nitro benzene ring substituents is 1. The minimum absolute atomic E-state index is 0.0398. The van der Waals surface area contributed by atoms with E-state index in [4.69, 9.17) is 11.6 Å². The Kier molecular flexibility index (Phi) is 5.33. The number of rotatable bonds is 5. The van der Waals surface area contributed by atoms with E-state index >= 15 is 0 Å². The largest absolute Gasteiger partial charge is 0.306 e. The molecule has 0 aliphatic carbocycles. The van der Waals surface area contributed by atoms with Crippen molar-refractivity contribution in [3.63, 3.8) is 0 Å². The SMILES string of the molecule is CC(NCc1ccc(Cl)cc1[N+](=O)[O-])c1ccc(Br)cc1. The molecule has 1 atom stereocenters. The molecular formula is C15H14BrClN2O2. The van der Waals surface area contributed by atoms with Gasteiger partial charge in [-0.2, -0.15) is 0 Å². The maximum atomic E-state index is 11.0. The second kappa shape index (κ2) is 7.02. The molecule has 0 aromatic heterocycles. The molecule has 0 heterocycles. The van der Waals surface area contributed by atoms with E-state index in [-0.39, 0.29) is 11.7 Å². The number of nitrogens with one attached hydrogen (secondary N) is 1. The van der Waals surface area contributed by atoms with Crippen molar-refractivity contribution in [2.75, 3.05) is 0 Å². The number of halogens is 2. The molecule has 0 spiro atoms. The van der Waals surface area contributed by atoms with Gasteiger partial charge in [0.2, 0.25) is 0 Å². The predicted octanol–water partition coefficient (Wildman–Crippen LogP) is 4.86. The van der Waals surface area contributed by atoms with Crippen molar-refractivity contribution < 1.29 is 4.92 Å². The van der Waals surface area contributed by atoms with Crippen molar-refractivity contribution in [3.05, 3.63) is 73.2 Å². The minimum Gasteiger partial charge on any atom is -0.306 e. The number of nitro groups is 1. The summed E-state index contributed by atoms with van der Waals surface area (Å²) in [6, 6.07) is 12.8. The molecule has 1 unspecified atom stereocenters. The van der Waals surface area contributed by atoms with E-state index in [1.54, 1.807) is 12.1 Å². The Morgan fingerprint density at radius 2 is 1.95 bits per heavy atom. The summed E-state index contributed by atoms with van der Waals surface area (Å²) >= 11 is 9.20. The number of hydrogen-bond donors (Lipinski definition) is 1. The lowest BCUT2D eigenvalue weighted by molar-refractivity contribution is -0.385. The fraction of sp³-hybridized carbons (Fsp3) is 0.200. The van der Waals surface area contributed by atoms with Gasteiger partial charge >= 0.3 is 0 Å². The zero-order valence-corrected chi connectivity index (χ0v) is 13.7. The number of nitrogens with zero attached hydrogens (tertiary/aromatic N) is 1. The van der Waals surface area contributed by atoms with Gasteiger partial charge in [0.15, 0.2) is 0 Å². The Balaban J connectivity index is 2.09. The molecule has 0 fully saturated rings. The molecular weight excluding hydrogens is 356 g/mol. The number of benzene rings is 2. The predicted molar refractivity (Wildman–Crippen MR) is 87.5 cm³/mol. The van der Waals surface area contributed by atoms with E-state index in [2.05, 4.69) is 21.2 Å². The van der Waals surface area contributed by atoms with Crippen LogP contribution < -0.4 is 5.32 Å². The van der Waals surface area contributed by atoms with Crippen LogP contribution in [0.4, 0.5) is 5.69 Å². The van der Waals surface area contributed by atoms with Crippen LogP contribution >= 0.6 is 27.5 Å². The van der Waals surface area contributed by atoms with Gasteiger partial charge in [0, 0.05) is 33.7 Å². The topological polar surface area (TPSA) is 55.2 Å². The third-order valence-corrected chi connectivity index (χ3v) is 3.98. The summed E-state index contributed by atoms with van der Waals surface area (Å²) in [5.41, 5.74) is 1.78. The third kappa shape index (κ3) is 4.27. The normalized spacial score (nSPS) is 12.1. The summed E-state index contributed by atoms with van der Waals surface area (Å²) in [6.07, 6.45) is 0. The van der Waals surface area contributed by atoms with Crippen LogP contribution in [0.15, 0.2) is 46.9 Å². The second-order valence-electron chi connectivity index (χ2n) is 4.68. The van der Waals surface area contributed by atoms with Gasteiger partial charge in [0.25, 0.3) is 5.69 Å². The van der Waals surface area contributed by atoms with Gasteiger partial charge < -0.3 is 5.32 Å². The molecule has 0 radical (unpaired) electrons. The molecule has 0 bridgehead atoms. The van der Waals surface area contributed by atoms with Gasteiger partial charge in [-0.3, -0.25) is 10.1 Å². The molecule has 2 aromatic carbocycles. The monoisotopic (exact) mass is 368 g/mol. The Morgan fingerprint density at radius 1 is 1.29 bits per heavy atom. The highest BCUT2D eigenvalue weighted by molar-refractivity contribution is 9.10. The van der Waals surface area contributed by atoms with Gasteiger partial charge in [-0.15, -0.1) is 0 Å². The second-order valence-corrected chi connectivity index (χ2v) is 6.04. The lowest BCUT2D eigenvalue weighted by Crippen LogP contribution is -2.18. The first-order valence-electron chi connectivity index (χ1n) is 6.39. The van der Waals surface area contributed by atoms with Crippen LogP contribution in [0.25, 0.3) is 0 Å². The highest BCUT2D eigenvalue weighted by Crippen LogP contribution is 2.24. The van der Waals surface area contributed by atoms with E-state index in [1.807, 2.05) is 31.2 Å². The Hall–Kier alpha value is -1.43. The smallest absolute Gasteiger partial charge is 0.275 e. The van der Waals surface area contributed by atoms with Crippen molar-refractivity contribution >= 4 is 33.2 Å². The maximum absolute atomic E-state index is 11.0. The molecule has 6 heteroatoms. The zero-order chi connectivity index (χ0) is 15.4. The van der Waals surface area contributed by atoms with Gasteiger partial charge in [0.05, 0.1) is 4.92 Å². The summed E-state index contributed by atoms with van der Waals surface area (Å²) in [6.45, 7) is 2.43. The Morgan fingerprint density at radius 3 is 2.57 bits per heavy atom. The summed E-state index contributed by atoms with van der Waals surface area (Å²) in [5.74, 6) is 0. The molecule has 0 aliphatic rings. The molecule has 110 valence electrons. The molecule has 4 nitrogen and oxygen atoms in total. The summed E-state index contributed by atoms with van der Waals surface area (Å²) in [5, 5.41) is 14.7. The molecule has 0 saturated carbocycles. The van der Waals surface area contributed by atoms with E-state index in [1.165, 1.54) is 6.07 Å². The average molecular weight is 370 g/mol. The maximum Gasteiger partial charge on any atom is 0.275 e. The Labute approximate surface area is 136 Å². The van der Waals surface area contributed by atoms with Crippen LogP contribution in [0.3, 0.4) is 0 Å².